The van der Waals surface area contributed by atoms with Crippen molar-refractivity contribution in [1.29, 1.82) is 0 Å². The van der Waals surface area contributed by atoms with Gasteiger partial charge in [-0.05, 0) is 25.2 Å². The average molecular weight is 354 g/mol. The minimum atomic E-state index is -2.18. The van der Waals surface area contributed by atoms with E-state index in [-0.39, 0.29) is 11.8 Å². The van der Waals surface area contributed by atoms with Crippen LogP contribution in [-0.2, 0) is 19.1 Å². The number of aliphatic hydroxyl groups is 1. The van der Waals surface area contributed by atoms with Gasteiger partial charge in [0.05, 0.1) is 0 Å². The Bertz CT molecular complexity index is 620. The van der Waals surface area contributed by atoms with Crippen LogP contribution in [0.25, 0.3) is 0 Å². The summed E-state index contributed by atoms with van der Waals surface area (Å²) in [5, 5.41) is 21.1. The smallest absolute Gasteiger partial charge is 0.346 e. The highest BCUT2D eigenvalue weighted by atomic mass is 16.7. The molecule has 3 saturated heterocycles. The van der Waals surface area contributed by atoms with Crippen molar-refractivity contribution in [2.75, 3.05) is 6.54 Å². The zero-order valence-electron chi connectivity index (χ0n) is 15.1. The highest BCUT2D eigenvalue weighted by molar-refractivity contribution is 6.09. The molecule has 2 amide bonds. The van der Waals surface area contributed by atoms with E-state index in [1.54, 1.807) is 18.7 Å². The summed E-state index contributed by atoms with van der Waals surface area (Å²) in [6.07, 6.45) is 1.49. The summed E-state index contributed by atoms with van der Waals surface area (Å²) in [6.45, 7) is 7.44. The van der Waals surface area contributed by atoms with Gasteiger partial charge in [0.1, 0.15) is 12.1 Å². The minimum Gasteiger partial charge on any atom is -0.479 e. The standard InChI is InChI=1S/C17H26N2O6/c1-9(2)8-11-13(20)18-7-5-6-12(18)17(24)19(11)14(21)16(25-17,10(3)4)15(22)23/h9-12,24H,5-8H2,1-4H3,(H,22,23)/t11-,12-,16+,17-/m0/s1. The van der Waals surface area contributed by atoms with Crippen LogP contribution in [0.3, 0.4) is 0 Å². The predicted molar refractivity (Wildman–Crippen MR) is 86.1 cm³/mol. The molecule has 0 bridgehead atoms. The Hall–Kier alpha value is -1.67. The Morgan fingerprint density at radius 2 is 1.96 bits per heavy atom. The maximum atomic E-state index is 13.2. The highest BCUT2D eigenvalue weighted by Gasteiger charge is 2.73. The number of aliphatic carboxylic acids is 1. The average Bonchev–Trinajstić information content (AvgIpc) is 3.07. The number of carbonyl (C=O) groups excluding carboxylic acids is 2. The zero-order chi connectivity index (χ0) is 18.7. The number of carboxylic acid groups (broad SMARTS) is 1. The van der Waals surface area contributed by atoms with Crippen molar-refractivity contribution in [3.8, 4) is 0 Å². The lowest BCUT2D eigenvalue weighted by molar-refractivity contribution is -0.317. The second-order valence-corrected chi connectivity index (χ2v) is 7.97. The van der Waals surface area contributed by atoms with Crippen LogP contribution < -0.4 is 0 Å². The second kappa shape index (κ2) is 5.67. The Kier molecular flexibility index (Phi) is 4.11. The maximum Gasteiger partial charge on any atom is 0.346 e. The van der Waals surface area contributed by atoms with Gasteiger partial charge in [0, 0.05) is 12.5 Å². The Morgan fingerprint density at radius 1 is 1.32 bits per heavy atom. The van der Waals surface area contributed by atoms with Gasteiger partial charge in [0.2, 0.25) is 11.5 Å². The summed E-state index contributed by atoms with van der Waals surface area (Å²) in [4.78, 5) is 40.7. The molecule has 8 nitrogen and oxygen atoms in total. The Morgan fingerprint density at radius 3 is 2.48 bits per heavy atom. The fourth-order valence-electron chi connectivity index (χ4n) is 4.37. The van der Waals surface area contributed by atoms with E-state index in [4.69, 9.17) is 4.74 Å². The summed E-state index contributed by atoms with van der Waals surface area (Å²) in [5.41, 5.74) is -2.18. The van der Waals surface area contributed by atoms with E-state index in [0.29, 0.717) is 25.8 Å². The molecule has 0 aromatic rings. The number of amides is 2. The molecule has 2 N–H and O–H groups in total. The van der Waals surface area contributed by atoms with E-state index < -0.39 is 41.4 Å². The van der Waals surface area contributed by atoms with Crippen LogP contribution in [0.2, 0.25) is 0 Å². The Balaban J connectivity index is 2.15. The van der Waals surface area contributed by atoms with E-state index in [2.05, 4.69) is 0 Å². The molecule has 3 aliphatic heterocycles. The van der Waals surface area contributed by atoms with Crippen LogP contribution >= 0.6 is 0 Å². The van der Waals surface area contributed by atoms with Crippen LogP contribution in [0.4, 0.5) is 0 Å². The van der Waals surface area contributed by atoms with E-state index >= 15 is 0 Å². The molecule has 0 unspecified atom stereocenters. The third-order valence-electron chi connectivity index (χ3n) is 5.59. The molecule has 0 saturated carbocycles. The summed E-state index contributed by atoms with van der Waals surface area (Å²) in [5.74, 6) is -5.20. The van der Waals surface area contributed by atoms with Crippen molar-refractivity contribution in [3.63, 3.8) is 0 Å². The lowest BCUT2D eigenvalue weighted by Crippen LogP contribution is -2.71. The number of hydrogen-bond donors (Lipinski definition) is 2. The quantitative estimate of drug-likeness (QED) is 0.707. The molecule has 4 atom stereocenters. The molecule has 0 radical (unpaired) electrons. The summed E-state index contributed by atoms with van der Waals surface area (Å²) < 4.78 is 5.69. The van der Waals surface area contributed by atoms with E-state index in [0.717, 1.165) is 4.90 Å². The number of piperazine rings is 1. The molecule has 0 aliphatic carbocycles. The van der Waals surface area contributed by atoms with Crippen molar-refractivity contribution in [2.24, 2.45) is 11.8 Å². The summed E-state index contributed by atoms with van der Waals surface area (Å²) in [6, 6.07) is -1.64. The van der Waals surface area contributed by atoms with Gasteiger partial charge >= 0.3 is 5.97 Å². The van der Waals surface area contributed by atoms with Gasteiger partial charge in [-0.25, -0.2) is 4.79 Å². The van der Waals surface area contributed by atoms with Crippen molar-refractivity contribution >= 4 is 17.8 Å². The molecule has 3 rings (SSSR count). The second-order valence-electron chi connectivity index (χ2n) is 7.97. The molecule has 3 heterocycles. The number of rotatable bonds is 4. The number of hydrogen-bond acceptors (Lipinski definition) is 5. The molecule has 8 heteroatoms. The van der Waals surface area contributed by atoms with Crippen LogP contribution in [0.1, 0.15) is 47.0 Å². The van der Waals surface area contributed by atoms with Crippen LogP contribution in [0, 0.1) is 11.8 Å². The van der Waals surface area contributed by atoms with Crippen molar-refractivity contribution < 1.29 is 29.3 Å². The van der Waals surface area contributed by atoms with Gasteiger partial charge in [-0.3, -0.25) is 14.5 Å². The zero-order valence-corrected chi connectivity index (χ0v) is 15.1. The van der Waals surface area contributed by atoms with Crippen molar-refractivity contribution in [3.05, 3.63) is 0 Å². The van der Waals surface area contributed by atoms with Gasteiger partial charge < -0.3 is 19.8 Å². The number of fused-ring (bicyclic) bond motifs is 3. The first-order valence-electron chi connectivity index (χ1n) is 8.87. The normalized spacial score (nSPS) is 37.9. The number of carbonyl (C=O) groups is 3. The first kappa shape index (κ1) is 18.1. The third kappa shape index (κ3) is 2.23. The lowest BCUT2D eigenvalue weighted by Gasteiger charge is -2.49. The summed E-state index contributed by atoms with van der Waals surface area (Å²) in [7, 11) is 0. The molecular weight excluding hydrogens is 328 g/mol. The fourth-order valence-corrected chi connectivity index (χ4v) is 4.37. The molecule has 0 spiro atoms. The summed E-state index contributed by atoms with van der Waals surface area (Å²) >= 11 is 0. The topological polar surface area (TPSA) is 107 Å². The van der Waals surface area contributed by atoms with Gasteiger partial charge in [0.15, 0.2) is 0 Å². The van der Waals surface area contributed by atoms with E-state index in [1.165, 1.54) is 0 Å². The SMILES string of the molecule is CC(C)C[C@H]1C(=O)N2CCC[C@H]2[C@]2(O)O[C@](C(=O)O)(C(C)C)C(=O)N12. The van der Waals surface area contributed by atoms with E-state index in [9.17, 15) is 24.6 Å². The molecule has 3 fully saturated rings. The van der Waals surface area contributed by atoms with Gasteiger partial charge in [-0.2, -0.15) is 0 Å². The number of nitrogens with zero attached hydrogens (tertiary/aromatic N) is 2. The molecule has 3 aliphatic rings. The number of carboxylic acids is 1. The minimum absolute atomic E-state index is 0.0871. The van der Waals surface area contributed by atoms with Crippen molar-refractivity contribution in [1.82, 2.24) is 9.80 Å². The monoisotopic (exact) mass is 354 g/mol. The third-order valence-corrected chi connectivity index (χ3v) is 5.59. The molecule has 0 aromatic carbocycles. The molecular formula is C17H26N2O6. The van der Waals surface area contributed by atoms with Gasteiger partial charge in [-0.15, -0.1) is 0 Å². The fraction of sp³-hybridized carbons (Fsp3) is 0.824. The highest BCUT2D eigenvalue weighted by Crippen LogP contribution is 2.48. The molecule has 0 aromatic heterocycles. The Labute approximate surface area is 146 Å². The van der Waals surface area contributed by atoms with Gasteiger partial charge in [0.25, 0.3) is 11.8 Å². The van der Waals surface area contributed by atoms with Gasteiger partial charge in [-0.1, -0.05) is 27.7 Å². The van der Waals surface area contributed by atoms with Crippen LogP contribution in [-0.4, -0.2) is 67.9 Å². The van der Waals surface area contributed by atoms with Crippen molar-refractivity contribution in [2.45, 2.75) is 70.6 Å². The molecule has 25 heavy (non-hydrogen) atoms. The van der Waals surface area contributed by atoms with Crippen LogP contribution in [0.15, 0.2) is 0 Å². The first-order valence-corrected chi connectivity index (χ1v) is 8.87. The lowest BCUT2D eigenvalue weighted by atomic mass is 9.88. The number of ether oxygens (including phenoxy) is 1. The molecule has 140 valence electrons. The largest absolute Gasteiger partial charge is 0.479 e. The van der Waals surface area contributed by atoms with E-state index in [1.807, 2.05) is 13.8 Å². The predicted octanol–water partition coefficient (Wildman–Crippen LogP) is 0.390. The van der Waals surface area contributed by atoms with Crippen LogP contribution in [0.5, 0.6) is 0 Å². The maximum absolute atomic E-state index is 13.2. The first-order chi connectivity index (χ1) is 11.6.